The summed E-state index contributed by atoms with van der Waals surface area (Å²) in [6, 6.07) is 12.0. The normalized spacial score (nSPS) is 13.6. The van der Waals surface area contributed by atoms with Crippen LogP contribution in [0.15, 0.2) is 41.5 Å². The maximum atomic E-state index is 12.9. The maximum absolute atomic E-state index is 12.9. The molecule has 1 aromatic heterocycles. The zero-order valence-corrected chi connectivity index (χ0v) is 20.2. The van der Waals surface area contributed by atoms with E-state index in [2.05, 4.69) is 68.3 Å². The van der Waals surface area contributed by atoms with Crippen molar-refractivity contribution in [2.24, 2.45) is 5.10 Å². The van der Waals surface area contributed by atoms with E-state index in [1.165, 1.54) is 5.56 Å². The number of hydrazone groups is 1. The Balaban J connectivity index is 1.59. The van der Waals surface area contributed by atoms with Crippen LogP contribution in [0.3, 0.4) is 0 Å². The number of phenols is 1. The van der Waals surface area contributed by atoms with Crippen molar-refractivity contribution in [3.8, 4) is 17.0 Å². The Bertz CT molecular complexity index is 1200. The van der Waals surface area contributed by atoms with Gasteiger partial charge in [0, 0.05) is 22.3 Å². The third kappa shape index (κ3) is 4.42. The molecule has 33 heavy (non-hydrogen) atoms. The predicted octanol–water partition coefficient (Wildman–Crippen LogP) is 5.24. The van der Waals surface area contributed by atoms with Gasteiger partial charge in [-0.25, -0.2) is 5.43 Å². The molecule has 0 spiro atoms. The van der Waals surface area contributed by atoms with Gasteiger partial charge in [0.25, 0.3) is 5.91 Å². The molecule has 4 rings (SSSR count). The Hall–Kier alpha value is -3.41. The lowest BCUT2D eigenvalue weighted by Gasteiger charge is -2.27. The number of phenolic OH excluding ortho intramolecular Hbond substituents is 1. The highest BCUT2D eigenvalue weighted by atomic mass is 16.3. The van der Waals surface area contributed by atoms with Crippen LogP contribution in [0, 0.1) is 0 Å². The van der Waals surface area contributed by atoms with Gasteiger partial charge in [0.05, 0.1) is 11.9 Å². The SMILES string of the molecule is CC(C)(C)c1cc(/C=N\NC(=O)c2[nH]nc3c2CCc2ccccc2-3)cc(C(C)(C)C)c1O. The summed E-state index contributed by atoms with van der Waals surface area (Å²) in [7, 11) is 0. The van der Waals surface area contributed by atoms with Gasteiger partial charge in [-0.2, -0.15) is 10.2 Å². The van der Waals surface area contributed by atoms with Crippen LogP contribution in [0.5, 0.6) is 5.75 Å². The molecule has 0 radical (unpaired) electrons. The molecule has 2 aromatic carbocycles. The monoisotopic (exact) mass is 444 g/mol. The Morgan fingerprint density at radius 2 is 1.70 bits per heavy atom. The number of hydrogen-bond acceptors (Lipinski definition) is 4. The van der Waals surface area contributed by atoms with Gasteiger partial charge < -0.3 is 5.11 Å². The lowest BCUT2D eigenvalue weighted by Crippen LogP contribution is -2.21. The second-order valence-corrected chi connectivity index (χ2v) is 10.7. The van der Waals surface area contributed by atoms with E-state index in [4.69, 9.17) is 0 Å². The number of carbonyl (C=O) groups excluding carboxylic acids is 1. The summed E-state index contributed by atoms with van der Waals surface area (Å²) in [4.78, 5) is 12.9. The number of nitrogens with one attached hydrogen (secondary N) is 2. The van der Waals surface area contributed by atoms with Crippen LogP contribution in [-0.4, -0.2) is 27.4 Å². The van der Waals surface area contributed by atoms with Crippen molar-refractivity contribution in [3.05, 3.63) is 69.9 Å². The van der Waals surface area contributed by atoms with Crippen LogP contribution in [0.2, 0.25) is 0 Å². The fraction of sp³-hybridized carbons (Fsp3) is 0.370. The fourth-order valence-electron chi connectivity index (χ4n) is 4.34. The molecule has 0 atom stereocenters. The smallest absolute Gasteiger partial charge is 0.289 e. The molecule has 3 aromatic rings. The first-order valence-corrected chi connectivity index (χ1v) is 11.3. The van der Waals surface area contributed by atoms with Crippen molar-refractivity contribution >= 4 is 12.1 Å². The van der Waals surface area contributed by atoms with Gasteiger partial charge in [-0.1, -0.05) is 65.8 Å². The van der Waals surface area contributed by atoms with E-state index in [1.54, 1.807) is 6.21 Å². The number of rotatable bonds is 3. The molecule has 1 aliphatic rings. The minimum Gasteiger partial charge on any atom is -0.507 e. The highest BCUT2D eigenvalue weighted by Crippen LogP contribution is 2.39. The average molecular weight is 445 g/mol. The lowest BCUT2D eigenvalue weighted by atomic mass is 9.78. The van der Waals surface area contributed by atoms with E-state index in [1.807, 2.05) is 30.3 Å². The molecular formula is C27H32N4O2. The quantitative estimate of drug-likeness (QED) is 0.381. The van der Waals surface area contributed by atoms with Crippen molar-refractivity contribution in [2.75, 3.05) is 0 Å². The van der Waals surface area contributed by atoms with Crippen molar-refractivity contribution < 1.29 is 9.90 Å². The minimum atomic E-state index is -0.315. The lowest BCUT2D eigenvalue weighted by molar-refractivity contribution is 0.0949. The zero-order valence-electron chi connectivity index (χ0n) is 20.2. The third-order valence-corrected chi connectivity index (χ3v) is 6.14. The van der Waals surface area contributed by atoms with Crippen molar-refractivity contribution in [3.63, 3.8) is 0 Å². The van der Waals surface area contributed by atoms with Crippen LogP contribution < -0.4 is 5.43 Å². The molecule has 0 fully saturated rings. The molecule has 0 saturated carbocycles. The molecule has 1 amide bonds. The average Bonchev–Trinajstić information content (AvgIpc) is 3.18. The number of carbonyl (C=O) groups is 1. The van der Waals surface area contributed by atoms with Crippen molar-refractivity contribution in [2.45, 2.75) is 65.2 Å². The largest absolute Gasteiger partial charge is 0.507 e. The number of H-pyrrole nitrogens is 1. The number of nitrogens with zero attached hydrogens (tertiary/aromatic N) is 2. The Morgan fingerprint density at radius 1 is 1.06 bits per heavy atom. The van der Waals surface area contributed by atoms with E-state index in [0.29, 0.717) is 11.4 Å². The second kappa shape index (κ2) is 8.18. The van der Waals surface area contributed by atoms with Gasteiger partial charge in [-0.3, -0.25) is 9.89 Å². The summed E-state index contributed by atoms with van der Waals surface area (Å²) in [5.74, 6) is 0.00537. The maximum Gasteiger partial charge on any atom is 0.289 e. The first-order chi connectivity index (χ1) is 15.5. The predicted molar refractivity (Wildman–Crippen MR) is 132 cm³/mol. The molecule has 3 N–H and O–H groups in total. The number of amides is 1. The summed E-state index contributed by atoms with van der Waals surface area (Å²) in [6.07, 6.45) is 3.27. The van der Waals surface area contributed by atoms with Crippen molar-refractivity contribution in [1.82, 2.24) is 15.6 Å². The fourth-order valence-corrected chi connectivity index (χ4v) is 4.34. The first-order valence-electron chi connectivity index (χ1n) is 11.3. The Labute approximate surface area is 195 Å². The van der Waals surface area contributed by atoms with Gasteiger partial charge in [-0.05, 0) is 46.9 Å². The van der Waals surface area contributed by atoms with E-state index < -0.39 is 0 Å². The Kier molecular flexibility index (Phi) is 5.64. The highest BCUT2D eigenvalue weighted by molar-refractivity contribution is 5.96. The van der Waals surface area contributed by atoms with E-state index >= 15 is 0 Å². The van der Waals surface area contributed by atoms with Crippen LogP contribution in [-0.2, 0) is 23.7 Å². The molecular weight excluding hydrogens is 412 g/mol. The summed E-state index contributed by atoms with van der Waals surface area (Å²) in [5.41, 5.74) is 9.24. The summed E-state index contributed by atoms with van der Waals surface area (Å²) < 4.78 is 0. The van der Waals surface area contributed by atoms with Gasteiger partial charge in [0.2, 0.25) is 0 Å². The van der Waals surface area contributed by atoms with Crippen LogP contribution >= 0.6 is 0 Å². The minimum absolute atomic E-state index is 0.234. The molecule has 0 bridgehead atoms. The highest BCUT2D eigenvalue weighted by Gasteiger charge is 2.27. The molecule has 0 unspecified atom stereocenters. The third-order valence-electron chi connectivity index (χ3n) is 6.14. The van der Waals surface area contributed by atoms with E-state index in [9.17, 15) is 9.90 Å². The number of aromatic hydroxyl groups is 1. The van der Waals surface area contributed by atoms with E-state index in [-0.39, 0.29) is 16.7 Å². The molecule has 1 aliphatic carbocycles. The van der Waals surface area contributed by atoms with Gasteiger partial charge in [0.15, 0.2) is 0 Å². The summed E-state index contributed by atoms with van der Waals surface area (Å²) in [6.45, 7) is 12.4. The summed E-state index contributed by atoms with van der Waals surface area (Å²) in [5, 5.41) is 22.4. The second-order valence-electron chi connectivity index (χ2n) is 10.7. The van der Waals surface area contributed by atoms with Crippen LogP contribution in [0.25, 0.3) is 11.3 Å². The molecule has 1 heterocycles. The number of benzene rings is 2. The topological polar surface area (TPSA) is 90.4 Å². The molecule has 0 saturated heterocycles. The molecule has 6 heteroatoms. The van der Waals surface area contributed by atoms with Gasteiger partial charge in [0.1, 0.15) is 11.4 Å². The van der Waals surface area contributed by atoms with Crippen LogP contribution in [0.4, 0.5) is 0 Å². The number of aromatic amines is 1. The molecule has 6 nitrogen and oxygen atoms in total. The van der Waals surface area contributed by atoms with Crippen molar-refractivity contribution in [1.29, 1.82) is 0 Å². The first kappa shape index (κ1) is 22.8. The van der Waals surface area contributed by atoms with Gasteiger partial charge >= 0.3 is 0 Å². The number of aryl methyl sites for hydroxylation is 1. The van der Waals surface area contributed by atoms with Crippen LogP contribution in [0.1, 0.15) is 79.8 Å². The van der Waals surface area contributed by atoms with E-state index in [0.717, 1.165) is 46.4 Å². The number of fused-ring (bicyclic) bond motifs is 3. The molecule has 172 valence electrons. The summed E-state index contributed by atoms with van der Waals surface area (Å²) >= 11 is 0. The standard InChI is InChI=1S/C27H32N4O2/c1-26(2,3)20-13-16(14-21(24(20)32)27(4,5)6)15-28-31-25(33)23-19-12-11-17-9-7-8-10-18(17)22(19)29-30-23/h7-10,13-15,32H,11-12H2,1-6H3,(H,29,30)(H,31,33)/b28-15-. The zero-order chi connectivity index (χ0) is 24.0. The Morgan fingerprint density at radius 3 is 2.33 bits per heavy atom. The number of aromatic nitrogens is 2. The molecule has 0 aliphatic heterocycles. The van der Waals surface area contributed by atoms with Gasteiger partial charge in [-0.15, -0.1) is 0 Å². The number of hydrogen-bond donors (Lipinski definition) is 3.